The largest absolute Gasteiger partial charge is 0.477 e. The van der Waals surface area contributed by atoms with E-state index in [4.69, 9.17) is 5.11 Å². The van der Waals surface area contributed by atoms with Crippen LogP contribution in [0.25, 0.3) is 0 Å². The van der Waals surface area contributed by atoms with Gasteiger partial charge in [0.1, 0.15) is 10.7 Å². The molecule has 17 heavy (non-hydrogen) atoms. The van der Waals surface area contributed by atoms with Crippen LogP contribution in [0.15, 0.2) is 23.8 Å². The number of nitrogens with zero attached hydrogens (tertiary/aromatic N) is 2. The molecule has 0 aliphatic heterocycles. The highest BCUT2D eigenvalue weighted by Gasteiger charge is 2.13. The van der Waals surface area contributed by atoms with E-state index in [0.29, 0.717) is 11.3 Å². The van der Waals surface area contributed by atoms with Gasteiger partial charge >= 0.3 is 5.97 Å². The number of imidazole rings is 1. The fourth-order valence-electron chi connectivity index (χ4n) is 1.78. The summed E-state index contributed by atoms with van der Waals surface area (Å²) in [7, 11) is 0. The van der Waals surface area contributed by atoms with Gasteiger partial charge in [0.05, 0.1) is 0 Å². The fourth-order valence-corrected chi connectivity index (χ4v) is 2.55. The third-order valence-electron chi connectivity index (χ3n) is 2.56. The third kappa shape index (κ3) is 2.55. The van der Waals surface area contributed by atoms with E-state index in [0.717, 1.165) is 24.4 Å². The second kappa shape index (κ2) is 5.14. The molecule has 0 atom stereocenters. The number of thiophene rings is 1. The topological polar surface area (TPSA) is 55.1 Å². The van der Waals surface area contributed by atoms with Gasteiger partial charge in [-0.3, -0.25) is 0 Å². The van der Waals surface area contributed by atoms with Crippen molar-refractivity contribution in [2.75, 3.05) is 0 Å². The van der Waals surface area contributed by atoms with Crippen LogP contribution in [0, 0.1) is 0 Å². The van der Waals surface area contributed by atoms with E-state index in [1.165, 1.54) is 11.3 Å². The van der Waals surface area contributed by atoms with Crippen LogP contribution in [0.4, 0.5) is 0 Å². The zero-order chi connectivity index (χ0) is 12.3. The first kappa shape index (κ1) is 11.9. The maximum absolute atomic E-state index is 11.0. The van der Waals surface area contributed by atoms with Gasteiger partial charge in [0.15, 0.2) is 0 Å². The van der Waals surface area contributed by atoms with Gasteiger partial charge in [-0.1, -0.05) is 6.92 Å². The SMILES string of the molecule is CCCn1ccnc1Cc1ccsc1C(=O)O. The molecule has 0 aliphatic carbocycles. The average molecular weight is 250 g/mol. The molecule has 5 heteroatoms. The van der Waals surface area contributed by atoms with Gasteiger partial charge in [0.25, 0.3) is 0 Å². The summed E-state index contributed by atoms with van der Waals surface area (Å²) in [5.74, 6) is 0.0661. The number of hydrogen-bond donors (Lipinski definition) is 1. The van der Waals surface area contributed by atoms with E-state index in [9.17, 15) is 4.79 Å². The van der Waals surface area contributed by atoms with Crippen molar-refractivity contribution < 1.29 is 9.90 Å². The molecule has 0 saturated carbocycles. The minimum atomic E-state index is -0.858. The lowest BCUT2D eigenvalue weighted by Crippen LogP contribution is -2.05. The van der Waals surface area contributed by atoms with E-state index in [-0.39, 0.29) is 0 Å². The molecule has 4 nitrogen and oxygen atoms in total. The molecule has 2 aromatic rings. The van der Waals surface area contributed by atoms with Gasteiger partial charge in [0, 0.05) is 25.4 Å². The van der Waals surface area contributed by atoms with Crippen molar-refractivity contribution in [1.82, 2.24) is 9.55 Å². The van der Waals surface area contributed by atoms with Crippen LogP contribution in [0.5, 0.6) is 0 Å². The molecular formula is C12H14N2O2S. The molecule has 90 valence electrons. The monoisotopic (exact) mass is 250 g/mol. The van der Waals surface area contributed by atoms with Crippen LogP contribution < -0.4 is 0 Å². The van der Waals surface area contributed by atoms with Crippen LogP contribution >= 0.6 is 11.3 Å². The predicted molar refractivity (Wildman–Crippen MR) is 66.6 cm³/mol. The Hall–Kier alpha value is -1.62. The molecule has 0 saturated heterocycles. The molecule has 0 bridgehead atoms. The zero-order valence-electron chi connectivity index (χ0n) is 9.59. The number of aryl methyl sites for hydroxylation is 1. The summed E-state index contributed by atoms with van der Waals surface area (Å²) >= 11 is 1.26. The highest BCUT2D eigenvalue weighted by atomic mass is 32.1. The third-order valence-corrected chi connectivity index (χ3v) is 3.50. The summed E-state index contributed by atoms with van der Waals surface area (Å²) in [6, 6.07) is 1.86. The lowest BCUT2D eigenvalue weighted by Gasteiger charge is -2.05. The van der Waals surface area contributed by atoms with E-state index in [1.54, 1.807) is 6.20 Å². The molecule has 2 aromatic heterocycles. The normalized spacial score (nSPS) is 10.6. The molecule has 0 amide bonds. The highest BCUT2D eigenvalue weighted by molar-refractivity contribution is 7.12. The van der Waals surface area contributed by atoms with Crippen molar-refractivity contribution in [2.24, 2.45) is 0 Å². The zero-order valence-corrected chi connectivity index (χ0v) is 10.4. The summed E-state index contributed by atoms with van der Waals surface area (Å²) in [5.41, 5.74) is 0.839. The van der Waals surface area contributed by atoms with E-state index < -0.39 is 5.97 Å². The number of hydrogen-bond acceptors (Lipinski definition) is 3. The van der Waals surface area contributed by atoms with Gasteiger partial charge in [-0.25, -0.2) is 9.78 Å². The molecule has 0 unspecified atom stereocenters. The Morgan fingerprint density at radius 1 is 1.59 bits per heavy atom. The molecule has 0 aliphatic rings. The quantitative estimate of drug-likeness (QED) is 0.887. The number of carboxylic acids is 1. The summed E-state index contributed by atoms with van der Waals surface area (Å²) in [6.45, 7) is 3.03. The summed E-state index contributed by atoms with van der Waals surface area (Å²) in [6.07, 6.45) is 5.32. The van der Waals surface area contributed by atoms with Crippen molar-refractivity contribution >= 4 is 17.3 Å². The van der Waals surface area contributed by atoms with Crippen molar-refractivity contribution in [3.63, 3.8) is 0 Å². The Kier molecular flexibility index (Phi) is 3.58. The number of aromatic nitrogens is 2. The fraction of sp³-hybridized carbons (Fsp3) is 0.333. The number of rotatable bonds is 5. The Bertz CT molecular complexity index is 516. The van der Waals surface area contributed by atoms with Crippen LogP contribution in [-0.2, 0) is 13.0 Å². The van der Waals surface area contributed by atoms with Crippen molar-refractivity contribution in [3.05, 3.63) is 40.1 Å². The summed E-state index contributed by atoms with van der Waals surface area (Å²) < 4.78 is 2.07. The van der Waals surface area contributed by atoms with E-state index >= 15 is 0 Å². The summed E-state index contributed by atoms with van der Waals surface area (Å²) in [4.78, 5) is 15.7. The van der Waals surface area contributed by atoms with Crippen LogP contribution in [0.3, 0.4) is 0 Å². The second-order valence-corrected chi connectivity index (χ2v) is 4.71. The van der Waals surface area contributed by atoms with Crippen LogP contribution in [-0.4, -0.2) is 20.6 Å². The van der Waals surface area contributed by atoms with Gasteiger partial charge in [-0.2, -0.15) is 0 Å². The number of aromatic carboxylic acids is 1. The minimum Gasteiger partial charge on any atom is -0.477 e. The maximum Gasteiger partial charge on any atom is 0.346 e. The molecule has 0 aromatic carbocycles. The molecule has 2 rings (SSSR count). The predicted octanol–water partition coefficient (Wildman–Crippen LogP) is 2.64. The lowest BCUT2D eigenvalue weighted by molar-refractivity contribution is 0.0701. The van der Waals surface area contributed by atoms with Crippen molar-refractivity contribution in [2.45, 2.75) is 26.3 Å². The summed E-state index contributed by atoms with van der Waals surface area (Å²) in [5, 5.41) is 10.9. The Morgan fingerprint density at radius 2 is 2.41 bits per heavy atom. The first-order valence-corrected chi connectivity index (χ1v) is 6.40. The number of carbonyl (C=O) groups is 1. The van der Waals surface area contributed by atoms with E-state index in [2.05, 4.69) is 16.5 Å². The molecule has 0 spiro atoms. The minimum absolute atomic E-state index is 0.413. The second-order valence-electron chi connectivity index (χ2n) is 3.79. The average Bonchev–Trinajstić information content (AvgIpc) is 2.89. The molecule has 0 fully saturated rings. The van der Waals surface area contributed by atoms with Crippen molar-refractivity contribution in [3.8, 4) is 0 Å². The standard InChI is InChI=1S/C12H14N2O2S/c1-2-5-14-6-4-13-10(14)8-9-3-7-17-11(9)12(15)16/h3-4,6-7H,2,5,8H2,1H3,(H,15,16). The Morgan fingerprint density at radius 3 is 3.12 bits per heavy atom. The Balaban J connectivity index is 2.22. The first-order chi connectivity index (χ1) is 8.22. The lowest BCUT2D eigenvalue weighted by atomic mass is 10.2. The first-order valence-electron chi connectivity index (χ1n) is 5.52. The molecule has 0 radical (unpaired) electrons. The molecule has 1 N–H and O–H groups in total. The number of carboxylic acid groups (broad SMARTS) is 1. The van der Waals surface area contributed by atoms with Crippen LogP contribution in [0.2, 0.25) is 0 Å². The van der Waals surface area contributed by atoms with Crippen LogP contribution in [0.1, 0.15) is 34.4 Å². The van der Waals surface area contributed by atoms with Gasteiger partial charge < -0.3 is 9.67 Å². The van der Waals surface area contributed by atoms with Crippen molar-refractivity contribution in [1.29, 1.82) is 0 Å². The van der Waals surface area contributed by atoms with E-state index in [1.807, 2.05) is 17.6 Å². The maximum atomic E-state index is 11.0. The van der Waals surface area contributed by atoms with Gasteiger partial charge in [-0.15, -0.1) is 11.3 Å². The Labute approximate surface area is 104 Å². The molecule has 2 heterocycles. The van der Waals surface area contributed by atoms with Gasteiger partial charge in [-0.05, 0) is 23.4 Å². The highest BCUT2D eigenvalue weighted by Crippen LogP contribution is 2.19. The smallest absolute Gasteiger partial charge is 0.346 e. The molecular weight excluding hydrogens is 236 g/mol. The van der Waals surface area contributed by atoms with Gasteiger partial charge in [0.2, 0.25) is 0 Å².